The predicted octanol–water partition coefficient (Wildman–Crippen LogP) is 23.9. The third-order valence-electron chi connectivity index (χ3n) is 22.8. The summed E-state index contributed by atoms with van der Waals surface area (Å²) in [6.45, 7) is 21.6. The number of benzene rings is 13. The highest BCUT2D eigenvalue weighted by Crippen LogP contribution is 2.63. The fourth-order valence-electron chi connectivity index (χ4n) is 18.4. The van der Waals surface area contributed by atoms with Crippen molar-refractivity contribution < 1.29 is 0 Å². The zero-order valence-corrected chi connectivity index (χ0v) is 54.0. The highest BCUT2D eigenvalue weighted by Gasteiger charge is 2.49. The van der Waals surface area contributed by atoms with E-state index in [0.717, 1.165) is 0 Å². The third-order valence-corrected chi connectivity index (χ3v) is 22.8. The first kappa shape index (κ1) is 54.8. The Kier molecular flexibility index (Phi) is 11.4. The number of hydrogen-bond donors (Lipinski definition) is 0. The Balaban J connectivity index is 1.03. The second kappa shape index (κ2) is 19.2. The molecule has 0 radical (unpaired) electrons. The fraction of sp³-hybridized carbons (Fsp3) is 0.152. The van der Waals surface area contributed by atoms with Crippen LogP contribution in [0.2, 0.25) is 0 Å². The van der Waals surface area contributed by atoms with Gasteiger partial charge in [-0.25, -0.2) is 0 Å². The van der Waals surface area contributed by atoms with E-state index in [-0.39, 0.29) is 21.7 Å². The van der Waals surface area contributed by atoms with Gasteiger partial charge in [0.1, 0.15) is 0 Å². The highest BCUT2D eigenvalue weighted by atomic mass is 14.5. The number of fused-ring (bicyclic) bond motifs is 15. The van der Waals surface area contributed by atoms with Crippen LogP contribution in [0.1, 0.15) is 128 Å². The number of rotatable bonds is 7. The maximum Gasteiger partial charge on any atom is 0.0714 e. The Labute approximate surface area is 542 Å². The van der Waals surface area contributed by atoms with E-state index < -0.39 is 5.41 Å². The molecule has 0 aliphatic heterocycles. The van der Waals surface area contributed by atoms with Crippen molar-refractivity contribution >= 4 is 0 Å². The van der Waals surface area contributed by atoms with Gasteiger partial charge in [-0.3, -0.25) is 0 Å². The van der Waals surface area contributed by atoms with Crippen LogP contribution in [0.5, 0.6) is 0 Å². The van der Waals surface area contributed by atoms with Gasteiger partial charge in [0.15, 0.2) is 0 Å². The van der Waals surface area contributed by atoms with Gasteiger partial charge in [-0.2, -0.15) is 0 Å². The standard InChI is InChI=1S/C92H72/c1-55-46-47-77-72(48-55)87-63(56-26-11-10-12-27-56)32-25-45-82(87)92(77,61-51-57(64-33-21-41-78-83(64)68-28-13-17-37-73(68)88(78,2)3)49-58(52-61)65-34-22-42-79-84(65)69-29-14-18-38-74(69)89(79,4)5)62-53-59(66-35-23-43-80-85(66)70-30-15-19-39-75(70)90(80,6)7)50-60(54-62)67-36-24-44-81-86(67)71-31-16-20-40-76(71)91(81,8)9/h10-54H,1-9H3. The average Bonchev–Trinajstić information content (AvgIpc) is 1.49. The molecule has 0 unspecified atom stereocenters. The maximum atomic E-state index is 2.63. The summed E-state index contributed by atoms with van der Waals surface area (Å²) in [5, 5.41) is 0. The topological polar surface area (TPSA) is 0 Å². The second-order valence-corrected chi connectivity index (χ2v) is 29.1. The van der Waals surface area contributed by atoms with Crippen LogP contribution in [0.3, 0.4) is 0 Å². The molecule has 0 saturated carbocycles. The van der Waals surface area contributed by atoms with Crippen molar-refractivity contribution in [3.05, 3.63) is 345 Å². The van der Waals surface area contributed by atoms with E-state index in [1.807, 2.05) is 0 Å². The molecule has 0 heteroatoms. The molecule has 92 heavy (non-hydrogen) atoms. The van der Waals surface area contributed by atoms with Crippen LogP contribution < -0.4 is 0 Å². The van der Waals surface area contributed by atoms with E-state index in [9.17, 15) is 0 Å². The van der Waals surface area contributed by atoms with Crippen LogP contribution in [-0.2, 0) is 27.1 Å². The maximum absolute atomic E-state index is 2.63. The summed E-state index contributed by atoms with van der Waals surface area (Å²) in [6, 6.07) is 107. The zero-order valence-electron chi connectivity index (χ0n) is 54.0. The van der Waals surface area contributed by atoms with Gasteiger partial charge in [0.05, 0.1) is 5.41 Å². The fourth-order valence-corrected chi connectivity index (χ4v) is 18.4. The van der Waals surface area contributed by atoms with Crippen LogP contribution in [-0.4, -0.2) is 0 Å². The summed E-state index contributed by atoms with van der Waals surface area (Å²) in [6.07, 6.45) is 0. The van der Waals surface area contributed by atoms with Crippen LogP contribution in [0, 0.1) is 6.92 Å². The van der Waals surface area contributed by atoms with Crippen LogP contribution in [0.4, 0.5) is 0 Å². The summed E-state index contributed by atoms with van der Waals surface area (Å²) in [5.41, 5.74) is 41.1. The lowest BCUT2D eigenvalue weighted by Crippen LogP contribution is -2.29. The molecular formula is C92H72. The minimum absolute atomic E-state index is 0.189. The lowest BCUT2D eigenvalue weighted by molar-refractivity contribution is 0.660. The minimum Gasteiger partial charge on any atom is -0.0622 e. The summed E-state index contributed by atoms with van der Waals surface area (Å²) < 4.78 is 0. The van der Waals surface area contributed by atoms with E-state index in [4.69, 9.17) is 0 Å². The molecule has 440 valence electrons. The molecular weight excluding hydrogens is 1110 g/mol. The molecule has 0 fully saturated rings. The van der Waals surface area contributed by atoms with Crippen LogP contribution >= 0.6 is 0 Å². The smallest absolute Gasteiger partial charge is 0.0622 e. The Morgan fingerprint density at radius 1 is 0.185 bits per heavy atom. The zero-order chi connectivity index (χ0) is 62.4. The molecule has 0 spiro atoms. The third kappa shape index (κ3) is 7.30. The molecule has 0 saturated heterocycles. The predicted molar refractivity (Wildman–Crippen MR) is 386 cm³/mol. The van der Waals surface area contributed by atoms with Gasteiger partial charge in [-0.05, 0) is 221 Å². The molecule has 0 heterocycles. The molecule has 0 bridgehead atoms. The van der Waals surface area contributed by atoms with E-state index in [0.29, 0.717) is 0 Å². The Morgan fingerprint density at radius 2 is 0.457 bits per heavy atom. The molecule has 0 N–H and O–H groups in total. The molecule has 18 rings (SSSR count). The summed E-state index contributed by atoms with van der Waals surface area (Å²) in [7, 11) is 0. The highest BCUT2D eigenvalue weighted by molar-refractivity contribution is 6.02. The largest absolute Gasteiger partial charge is 0.0714 e. The summed E-state index contributed by atoms with van der Waals surface area (Å²) in [4.78, 5) is 0. The van der Waals surface area contributed by atoms with E-state index in [1.165, 1.54) is 184 Å². The first-order chi connectivity index (χ1) is 44.6. The quantitative estimate of drug-likeness (QED) is 0.149. The van der Waals surface area contributed by atoms with E-state index >= 15 is 0 Å². The lowest BCUT2D eigenvalue weighted by Gasteiger charge is -2.36. The van der Waals surface area contributed by atoms with E-state index in [1.54, 1.807) is 0 Å². The summed E-state index contributed by atoms with van der Waals surface area (Å²) >= 11 is 0. The normalized spacial score (nSPS) is 15.9. The van der Waals surface area contributed by atoms with Gasteiger partial charge < -0.3 is 0 Å². The van der Waals surface area contributed by atoms with Crippen molar-refractivity contribution in [3.8, 4) is 111 Å². The Hall–Kier alpha value is -10.1. The van der Waals surface area contributed by atoms with Gasteiger partial charge in [0.2, 0.25) is 0 Å². The molecule has 0 atom stereocenters. The Morgan fingerprint density at radius 3 is 0.804 bits per heavy atom. The Bertz CT molecular complexity index is 4830. The molecule has 13 aromatic rings. The van der Waals surface area contributed by atoms with Gasteiger partial charge in [0, 0.05) is 21.7 Å². The minimum atomic E-state index is -0.882. The van der Waals surface area contributed by atoms with Crippen molar-refractivity contribution in [2.45, 2.75) is 89.4 Å². The van der Waals surface area contributed by atoms with E-state index in [2.05, 4.69) is 335 Å². The molecule has 5 aliphatic rings. The SMILES string of the molecule is Cc1ccc2c(c1)-c1c(-c3ccccc3)cccc1C2(c1cc(-c2cccc3c2-c2ccccc2C3(C)C)cc(-c2cccc3c2-c2ccccc2C3(C)C)c1)c1cc(-c2cccc3c2-c2ccccc2C3(C)C)cc(-c2cccc3c2-c2ccccc2C3(C)C)c1. The molecule has 13 aromatic carbocycles. The van der Waals surface area contributed by atoms with Crippen molar-refractivity contribution in [1.82, 2.24) is 0 Å². The van der Waals surface area contributed by atoms with Crippen LogP contribution in [0.25, 0.3) is 111 Å². The van der Waals surface area contributed by atoms with Gasteiger partial charge >= 0.3 is 0 Å². The van der Waals surface area contributed by atoms with Gasteiger partial charge in [-0.1, -0.05) is 298 Å². The summed E-state index contributed by atoms with van der Waals surface area (Å²) in [5.74, 6) is 0. The number of hydrogen-bond acceptors (Lipinski definition) is 0. The number of aryl methyl sites for hydroxylation is 1. The van der Waals surface area contributed by atoms with Gasteiger partial charge in [0.25, 0.3) is 0 Å². The first-order valence-electron chi connectivity index (χ1n) is 33.1. The van der Waals surface area contributed by atoms with Crippen molar-refractivity contribution in [2.75, 3.05) is 0 Å². The second-order valence-electron chi connectivity index (χ2n) is 29.1. The molecule has 0 nitrogen and oxygen atoms in total. The average molecular weight is 1180 g/mol. The lowest BCUT2D eigenvalue weighted by atomic mass is 9.65. The first-order valence-corrected chi connectivity index (χ1v) is 33.1. The van der Waals surface area contributed by atoms with Crippen molar-refractivity contribution in [3.63, 3.8) is 0 Å². The van der Waals surface area contributed by atoms with Gasteiger partial charge in [-0.15, -0.1) is 0 Å². The molecule has 5 aliphatic carbocycles. The molecule has 0 amide bonds. The molecule has 0 aromatic heterocycles. The van der Waals surface area contributed by atoms with Crippen LogP contribution in [0.15, 0.2) is 273 Å². The van der Waals surface area contributed by atoms with Crippen molar-refractivity contribution in [2.24, 2.45) is 0 Å². The van der Waals surface area contributed by atoms with Crippen molar-refractivity contribution in [1.29, 1.82) is 0 Å². The monoisotopic (exact) mass is 1180 g/mol.